The predicted molar refractivity (Wildman–Crippen MR) is 129 cm³/mol. The highest BCUT2D eigenvalue weighted by Gasteiger charge is 2.31. The molecule has 0 heterocycles. The van der Waals surface area contributed by atoms with Gasteiger partial charge in [-0.05, 0) is 83.6 Å². The van der Waals surface area contributed by atoms with Crippen LogP contribution in [-0.2, 0) is 5.41 Å². The third-order valence-electron chi connectivity index (χ3n) is 6.60. The summed E-state index contributed by atoms with van der Waals surface area (Å²) in [6.45, 7) is 6.36. The first-order chi connectivity index (χ1) is 15.3. The van der Waals surface area contributed by atoms with Crippen molar-refractivity contribution in [3.05, 3.63) is 124 Å². The van der Waals surface area contributed by atoms with Crippen molar-refractivity contribution < 1.29 is 15.3 Å². The van der Waals surface area contributed by atoms with Crippen LogP contribution in [0, 0.1) is 6.92 Å². The third-order valence-corrected chi connectivity index (χ3v) is 6.60. The van der Waals surface area contributed by atoms with E-state index in [4.69, 9.17) is 0 Å². The number of rotatable bonds is 5. The van der Waals surface area contributed by atoms with Gasteiger partial charge in [0.1, 0.15) is 17.2 Å². The molecule has 0 saturated carbocycles. The summed E-state index contributed by atoms with van der Waals surface area (Å²) in [4.78, 5) is 0. The molecule has 32 heavy (non-hydrogen) atoms. The quantitative estimate of drug-likeness (QED) is 0.316. The molecule has 0 spiro atoms. The number of benzene rings is 4. The fourth-order valence-electron chi connectivity index (χ4n) is 4.52. The van der Waals surface area contributed by atoms with Crippen LogP contribution in [0.25, 0.3) is 0 Å². The zero-order valence-corrected chi connectivity index (χ0v) is 18.6. The van der Waals surface area contributed by atoms with Gasteiger partial charge in [-0.1, -0.05) is 61.5 Å². The van der Waals surface area contributed by atoms with Gasteiger partial charge in [-0.2, -0.15) is 0 Å². The van der Waals surface area contributed by atoms with Crippen LogP contribution in [0.3, 0.4) is 0 Å². The van der Waals surface area contributed by atoms with Crippen molar-refractivity contribution in [3.8, 4) is 17.2 Å². The van der Waals surface area contributed by atoms with Crippen molar-refractivity contribution in [2.24, 2.45) is 0 Å². The van der Waals surface area contributed by atoms with Crippen molar-refractivity contribution in [2.75, 3.05) is 0 Å². The average molecular weight is 425 g/mol. The van der Waals surface area contributed by atoms with E-state index in [-0.39, 0.29) is 23.2 Å². The lowest BCUT2D eigenvalue weighted by Crippen LogP contribution is -2.25. The standard InChI is InChI=1S/C29H28O3/c1-19-18-27(32)16-17-28(19)20(2)21-4-6-22(7-5-21)29(3,23-8-12-25(30)13-9-23)24-10-14-26(31)15-11-24/h4-18,20,30-32H,1-3H3. The number of aryl methyl sites for hydroxylation is 1. The lowest BCUT2D eigenvalue weighted by Gasteiger charge is -2.32. The second kappa shape index (κ2) is 8.43. The van der Waals surface area contributed by atoms with Gasteiger partial charge in [-0.3, -0.25) is 0 Å². The van der Waals surface area contributed by atoms with E-state index in [1.54, 1.807) is 36.4 Å². The molecule has 0 radical (unpaired) electrons. The second-order valence-electron chi connectivity index (χ2n) is 8.60. The molecule has 0 aliphatic carbocycles. The molecule has 3 heteroatoms. The molecule has 4 aromatic carbocycles. The van der Waals surface area contributed by atoms with Crippen LogP contribution in [0.1, 0.15) is 53.1 Å². The van der Waals surface area contributed by atoms with E-state index in [9.17, 15) is 15.3 Å². The van der Waals surface area contributed by atoms with E-state index in [0.29, 0.717) is 0 Å². The van der Waals surface area contributed by atoms with Crippen LogP contribution in [-0.4, -0.2) is 15.3 Å². The second-order valence-corrected chi connectivity index (χ2v) is 8.60. The number of phenolic OH excluding ortho intramolecular Hbond substituents is 3. The molecule has 1 atom stereocenters. The van der Waals surface area contributed by atoms with Crippen LogP contribution in [0.4, 0.5) is 0 Å². The van der Waals surface area contributed by atoms with Crippen molar-refractivity contribution in [2.45, 2.75) is 32.1 Å². The molecule has 162 valence electrons. The summed E-state index contributed by atoms with van der Waals surface area (Å²) in [5.41, 5.74) is 6.22. The number of phenols is 3. The lowest BCUT2D eigenvalue weighted by atomic mass is 9.70. The maximum absolute atomic E-state index is 9.80. The van der Waals surface area contributed by atoms with E-state index in [1.807, 2.05) is 37.3 Å². The van der Waals surface area contributed by atoms with Gasteiger partial charge in [0.05, 0.1) is 0 Å². The molecule has 4 rings (SSSR count). The molecule has 0 saturated heterocycles. The highest BCUT2D eigenvalue weighted by atomic mass is 16.3. The van der Waals surface area contributed by atoms with Gasteiger partial charge in [0.15, 0.2) is 0 Å². The number of hydrogen-bond acceptors (Lipinski definition) is 3. The molecule has 0 aliphatic rings. The monoisotopic (exact) mass is 424 g/mol. The summed E-state index contributed by atoms with van der Waals surface area (Å²) in [5, 5.41) is 29.3. The molecule has 0 fully saturated rings. The molecular weight excluding hydrogens is 396 g/mol. The van der Waals surface area contributed by atoms with Gasteiger partial charge < -0.3 is 15.3 Å². The first-order valence-corrected chi connectivity index (χ1v) is 10.8. The van der Waals surface area contributed by atoms with E-state index in [0.717, 1.165) is 22.3 Å². The molecule has 0 amide bonds. The summed E-state index contributed by atoms with van der Waals surface area (Å²) in [7, 11) is 0. The van der Waals surface area contributed by atoms with Crippen molar-refractivity contribution in [1.29, 1.82) is 0 Å². The molecule has 3 N–H and O–H groups in total. The van der Waals surface area contributed by atoms with Crippen LogP contribution < -0.4 is 0 Å². The average Bonchev–Trinajstić information content (AvgIpc) is 2.79. The van der Waals surface area contributed by atoms with Gasteiger partial charge in [0.2, 0.25) is 0 Å². The summed E-state index contributed by atoms with van der Waals surface area (Å²) in [5.74, 6) is 0.941. The van der Waals surface area contributed by atoms with Gasteiger partial charge in [0.25, 0.3) is 0 Å². The Morgan fingerprint density at radius 2 is 1.00 bits per heavy atom. The molecule has 4 aromatic rings. The zero-order chi connectivity index (χ0) is 22.9. The first kappa shape index (κ1) is 21.5. The topological polar surface area (TPSA) is 60.7 Å². The van der Waals surface area contributed by atoms with E-state index < -0.39 is 5.41 Å². The minimum atomic E-state index is -0.461. The van der Waals surface area contributed by atoms with Crippen molar-refractivity contribution >= 4 is 0 Å². The highest BCUT2D eigenvalue weighted by molar-refractivity contribution is 5.52. The van der Waals surface area contributed by atoms with Gasteiger partial charge >= 0.3 is 0 Å². The summed E-state index contributed by atoms with van der Waals surface area (Å²) < 4.78 is 0. The molecule has 0 aliphatic heterocycles. The highest BCUT2D eigenvalue weighted by Crippen LogP contribution is 2.40. The van der Waals surface area contributed by atoms with Crippen LogP contribution in [0.15, 0.2) is 91.0 Å². The smallest absolute Gasteiger partial charge is 0.115 e. The molecular formula is C29H28O3. The Labute approximate surface area is 189 Å². The van der Waals surface area contributed by atoms with Gasteiger partial charge in [-0.15, -0.1) is 0 Å². The number of aromatic hydroxyl groups is 3. The van der Waals surface area contributed by atoms with Gasteiger partial charge in [0, 0.05) is 11.3 Å². The lowest BCUT2D eigenvalue weighted by molar-refractivity contribution is 0.473. The maximum atomic E-state index is 9.80. The Kier molecular flexibility index (Phi) is 5.67. The Morgan fingerprint density at radius 3 is 1.44 bits per heavy atom. The van der Waals surface area contributed by atoms with Gasteiger partial charge in [-0.25, -0.2) is 0 Å². The minimum Gasteiger partial charge on any atom is -0.508 e. The Hall–Kier alpha value is -3.72. The Morgan fingerprint density at radius 1 is 0.594 bits per heavy atom. The van der Waals surface area contributed by atoms with E-state index >= 15 is 0 Å². The Bertz CT molecular complexity index is 1160. The molecule has 3 nitrogen and oxygen atoms in total. The first-order valence-electron chi connectivity index (χ1n) is 10.8. The summed E-state index contributed by atoms with van der Waals surface area (Å²) >= 11 is 0. The number of hydrogen-bond donors (Lipinski definition) is 3. The molecule has 0 bridgehead atoms. The summed E-state index contributed by atoms with van der Waals surface area (Å²) in [6.07, 6.45) is 0. The molecule has 1 unspecified atom stereocenters. The van der Waals surface area contributed by atoms with E-state index in [1.165, 1.54) is 11.1 Å². The van der Waals surface area contributed by atoms with Crippen molar-refractivity contribution in [1.82, 2.24) is 0 Å². The third kappa shape index (κ3) is 3.94. The molecule has 0 aromatic heterocycles. The predicted octanol–water partition coefficient (Wildman–Crippen LogP) is 6.62. The zero-order valence-electron chi connectivity index (χ0n) is 18.6. The summed E-state index contributed by atoms with van der Waals surface area (Å²) in [6, 6.07) is 28.7. The van der Waals surface area contributed by atoms with Crippen molar-refractivity contribution in [3.63, 3.8) is 0 Å². The minimum absolute atomic E-state index is 0.193. The van der Waals surface area contributed by atoms with E-state index in [2.05, 4.69) is 38.1 Å². The van der Waals surface area contributed by atoms with Crippen LogP contribution >= 0.6 is 0 Å². The normalized spacial score (nSPS) is 12.5. The largest absolute Gasteiger partial charge is 0.508 e. The fraction of sp³-hybridized carbons (Fsp3) is 0.172. The Balaban J connectivity index is 1.77. The fourth-order valence-corrected chi connectivity index (χ4v) is 4.52. The SMILES string of the molecule is Cc1cc(O)ccc1C(C)c1ccc(C(C)(c2ccc(O)cc2)c2ccc(O)cc2)cc1. The van der Waals surface area contributed by atoms with Crippen LogP contribution in [0.5, 0.6) is 17.2 Å². The maximum Gasteiger partial charge on any atom is 0.115 e. The van der Waals surface area contributed by atoms with Crippen LogP contribution in [0.2, 0.25) is 0 Å².